The first-order valence-corrected chi connectivity index (χ1v) is 10.5. The van der Waals surface area contributed by atoms with E-state index in [1.165, 1.54) is 19.2 Å². The predicted molar refractivity (Wildman–Crippen MR) is 119 cm³/mol. The zero-order valence-corrected chi connectivity index (χ0v) is 18.8. The first-order chi connectivity index (χ1) is 16.1. The quantitative estimate of drug-likeness (QED) is 0.451. The maximum Gasteiger partial charge on any atom is 0.387 e. The number of nitrogens with one attached hydrogen (secondary N) is 1. The minimum Gasteiger partial charge on any atom is -0.496 e. The van der Waals surface area contributed by atoms with Crippen molar-refractivity contribution in [1.82, 2.24) is 14.9 Å². The van der Waals surface area contributed by atoms with Gasteiger partial charge in [-0.3, -0.25) is 4.79 Å². The summed E-state index contributed by atoms with van der Waals surface area (Å²) >= 11 is 0. The van der Waals surface area contributed by atoms with Gasteiger partial charge in [0.25, 0.3) is 5.91 Å². The molecule has 2 unspecified atom stereocenters. The Morgan fingerprint density at radius 1 is 1.32 bits per heavy atom. The average Bonchev–Trinajstić information content (AvgIpc) is 3.30. The molecule has 180 valence electrons. The Labute approximate surface area is 194 Å². The number of nitrogens with zero attached hydrogens (tertiary/aromatic N) is 2. The van der Waals surface area contributed by atoms with Gasteiger partial charge in [-0.05, 0) is 49.8 Å². The molecule has 1 saturated carbocycles. The fourth-order valence-electron chi connectivity index (χ4n) is 3.47. The van der Waals surface area contributed by atoms with Crippen molar-refractivity contribution in [1.29, 1.82) is 0 Å². The number of fused-ring (bicyclic) bond motifs is 1. The van der Waals surface area contributed by atoms with E-state index >= 15 is 0 Å². The van der Waals surface area contributed by atoms with Gasteiger partial charge in [0.1, 0.15) is 34.6 Å². The molecule has 1 fully saturated rings. The maximum atomic E-state index is 13.3. The molecule has 0 bridgehead atoms. The van der Waals surface area contributed by atoms with Crippen LogP contribution < -0.4 is 19.5 Å². The molecule has 0 aliphatic heterocycles. The monoisotopic (exact) mass is 475 g/mol. The van der Waals surface area contributed by atoms with Crippen molar-refractivity contribution in [2.45, 2.75) is 44.7 Å². The van der Waals surface area contributed by atoms with E-state index in [1.807, 2.05) is 13.8 Å². The van der Waals surface area contributed by atoms with E-state index in [9.17, 15) is 18.0 Å². The third-order valence-corrected chi connectivity index (χ3v) is 5.43. The highest BCUT2D eigenvalue weighted by molar-refractivity contribution is 6.01. The lowest BCUT2D eigenvalue weighted by Crippen LogP contribution is -2.28. The zero-order chi connectivity index (χ0) is 24.6. The molecule has 2 aromatic heterocycles. The van der Waals surface area contributed by atoms with Gasteiger partial charge in [-0.1, -0.05) is 6.58 Å². The molecule has 1 aromatic carbocycles. The number of amides is 1. The Bertz CT molecular complexity index is 1240. The molecule has 2 heterocycles. The second-order valence-electron chi connectivity index (χ2n) is 8.42. The molecule has 4 rings (SSSR count). The molecule has 2 atom stereocenters. The number of benzene rings is 1. The summed E-state index contributed by atoms with van der Waals surface area (Å²) in [4.78, 5) is 12.7. The largest absolute Gasteiger partial charge is 0.496 e. The lowest BCUT2D eigenvalue weighted by atomic mass is 10.0. The van der Waals surface area contributed by atoms with Crippen LogP contribution in [0.25, 0.3) is 16.6 Å². The fourth-order valence-corrected chi connectivity index (χ4v) is 3.47. The maximum absolute atomic E-state index is 13.3. The molecule has 3 aromatic rings. The third kappa shape index (κ3) is 4.80. The van der Waals surface area contributed by atoms with Crippen molar-refractivity contribution < 1.29 is 32.2 Å². The average molecular weight is 475 g/mol. The van der Waals surface area contributed by atoms with Crippen molar-refractivity contribution in [2.75, 3.05) is 7.11 Å². The van der Waals surface area contributed by atoms with Crippen LogP contribution in [0.4, 0.5) is 13.2 Å². The summed E-state index contributed by atoms with van der Waals surface area (Å²) in [7, 11) is 1.30. The smallest absolute Gasteiger partial charge is 0.387 e. The van der Waals surface area contributed by atoms with E-state index in [4.69, 9.17) is 9.47 Å². The van der Waals surface area contributed by atoms with Crippen LogP contribution in [0.15, 0.2) is 49.3 Å². The number of hydrogen-bond donors (Lipinski definition) is 1. The second-order valence-corrected chi connectivity index (χ2v) is 8.42. The number of aromatic nitrogens is 2. The summed E-state index contributed by atoms with van der Waals surface area (Å²) in [5, 5.41) is 6.80. The summed E-state index contributed by atoms with van der Waals surface area (Å²) in [6.45, 7) is 4.30. The van der Waals surface area contributed by atoms with Crippen LogP contribution in [0.2, 0.25) is 0 Å². The first kappa shape index (κ1) is 23.5. The lowest BCUT2D eigenvalue weighted by molar-refractivity contribution is -0.0502. The van der Waals surface area contributed by atoms with E-state index in [0.29, 0.717) is 22.4 Å². The lowest BCUT2D eigenvalue weighted by Gasteiger charge is -2.22. The third-order valence-electron chi connectivity index (χ3n) is 5.43. The van der Waals surface area contributed by atoms with Crippen molar-refractivity contribution in [2.24, 2.45) is 0 Å². The SMILES string of the molecule is C=CC(C)(C)Oc1ccc2c(-c3cc(OC)c(C(=O)NC4CC4F)c(OC(F)F)c3)cnn2c1. The number of rotatable bonds is 9. The molecular weight excluding hydrogens is 451 g/mol. The summed E-state index contributed by atoms with van der Waals surface area (Å²) in [5.74, 6) is -0.570. The van der Waals surface area contributed by atoms with Crippen LogP contribution >= 0.6 is 0 Å². The molecule has 1 N–H and O–H groups in total. The van der Waals surface area contributed by atoms with Crippen molar-refractivity contribution in [3.8, 4) is 28.4 Å². The van der Waals surface area contributed by atoms with E-state index in [-0.39, 0.29) is 23.5 Å². The van der Waals surface area contributed by atoms with Gasteiger partial charge in [0.05, 0.1) is 31.1 Å². The number of pyridine rings is 1. The van der Waals surface area contributed by atoms with Gasteiger partial charge < -0.3 is 19.5 Å². The Hall–Kier alpha value is -3.69. The highest BCUT2D eigenvalue weighted by Crippen LogP contribution is 2.38. The molecule has 34 heavy (non-hydrogen) atoms. The predicted octanol–water partition coefficient (Wildman–Crippen LogP) is 4.79. The van der Waals surface area contributed by atoms with Crippen LogP contribution in [0.5, 0.6) is 17.2 Å². The van der Waals surface area contributed by atoms with E-state index in [2.05, 4.69) is 21.7 Å². The Morgan fingerprint density at radius 2 is 2.03 bits per heavy atom. The highest BCUT2D eigenvalue weighted by atomic mass is 19.3. The molecule has 0 radical (unpaired) electrons. The topological polar surface area (TPSA) is 74.1 Å². The van der Waals surface area contributed by atoms with E-state index in [0.717, 1.165) is 0 Å². The van der Waals surface area contributed by atoms with E-state index in [1.54, 1.807) is 35.1 Å². The van der Waals surface area contributed by atoms with Crippen molar-refractivity contribution in [3.05, 3.63) is 54.9 Å². The second kappa shape index (κ2) is 8.92. The molecule has 0 spiro atoms. The molecule has 1 aliphatic rings. The summed E-state index contributed by atoms with van der Waals surface area (Å²) in [5.41, 5.74) is 0.866. The molecule has 0 saturated heterocycles. The molecule has 1 amide bonds. The number of alkyl halides is 3. The normalized spacial score (nSPS) is 17.5. The Balaban J connectivity index is 1.75. The van der Waals surface area contributed by atoms with Gasteiger partial charge in [-0.25, -0.2) is 8.91 Å². The first-order valence-electron chi connectivity index (χ1n) is 10.5. The number of halogens is 3. The van der Waals surface area contributed by atoms with Gasteiger partial charge in [0, 0.05) is 12.0 Å². The van der Waals surface area contributed by atoms with Gasteiger partial charge in [-0.2, -0.15) is 13.9 Å². The minimum atomic E-state index is -3.18. The van der Waals surface area contributed by atoms with Gasteiger partial charge in [0.2, 0.25) is 0 Å². The summed E-state index contributed by atoms with van der Waals surface area (Å²) in [6.07, 6.45) is 3.93. The number of hydrogen-bond acceptors (Lipinski definition) is 5. The van der Waals surface area contributed by atoms with Gasteiger partial charge >= 0.3 is 6.61 Å². The zero-order valence-electron chi connectivity index (χ0n) is 18.8. The van der Waals surface area contributed by atoms with Crippen molar-refractivity contribution >= 4 is 11.4 Å². The van der Waals surface area contributed by atoms with Crippen LogP contribution in [0, 0.1) is 0 Å². The summed E-state index contributed by atoms with van der Waals surface area (Å²) < 4.78 is 57.1. The van der Waals surface area contributed by atoms with Crippen LogP contribution in [-0.4, -0.2) is 47.1 Å². The molecule has 1 aliphatic carbocycles. The standard InChI is InChI=1S/C24H24F3N3O4/c1-5-24(2,3)34-14-6-7-18-15(11-28-30(18)12-14)13-8-19(32-4)21(20(9-13)33-23(26)27)22(31)29-17-10-16(17)25/h5-9,11-12,16-17,23H,1,10H2,2-4H3,(H,29,31). The van der Waals surface area contributed by atoms with Gasteiger partial charge in [-0.15, -0.1) is 0 Å². The number of carbonyl (C=O) groups is 1. The van der Waals surface area contributed by atoms with E-state index < -0.39 is 30.3 Å². The van der Waals surface area contributed by atoms with Crippen LogP contribution in [0.3, 0.4) is 0 Å². The Morgan fingerprint density at radius 3 is 2.65 bits per heavy atom. The number of ether oxygens (including phenoxy) is 3. The number of carbonyl (C=O) groups excluding carboxylic acids is 1. The minimum absolute atomic E-state index is 0.00810. The summed E-state index contributed by atoms with van der Waals surface area (Å²) in [6, 6.07) is 5.70. The fraction of sp³-hybridized carbons (Fsp3) is 0.333. The van der Waals surface area contributed by atoms with Crippen LogP contribution in [0.1, 0.15) is 30.6 Å². The van der Waals surface area contributed by atoms with Gasteiger partial charge in [0.15, 0.2) is 0 Å². The Kier molecular flexibility index (Phi) is 6.16. The molecular formula is C24H24F3N3O4. The van der Waals surface area contributed by atoms with Crippen LogP contribution in [-0.2, 0) is 0 Å². The van der Waals surface area contributed by atoms with Crippen molar-refractivity contribution in [3.63, 3.8) is 0 Å². The molecule has 7 nitrogen and oxygen atoms in total. The number of methoxy groups -OCH3 is 1. The highest BCUT2D eigenvalue weighted by Gasteiger charge is 2.40. The molecule has 10 heteroatoms.